The molecule has 0 spiro atoms. The second-order valence-corrected chi connectivity index (χ2v) is 6.73. The topological polar surface area (TPSA) is 42.7 Å². The fraction of sp³-hybridized carbons (Fsp3) is 0.333. The van der Waals surface area contributed by atoms with Crippen molar-refractivity contribution in [1.82, 2.24) is 20.1 Å². The molecule has 3 aromatic rings. The Morgan fingerprint density at radius 2 is 2.00 bits per heavy atom. The zero-order valence-corrected chi connectivity index (χ0v) is 14.3. The predicted molar refractivity (Wildman–Crippen MR) is 94.6 cm³/mol. The van der Waals surface area contributed by atoms with Crippen LogP contribution in [-0.2, 0) is 13.0 Å². The first-order valence-electron chi connectivity index (χ1n) is 7.92. The molecule has 0 saturated heterocycles. The average molecular weight is 326 g/mol. The molecular formula is C18H22N4S. The molecule has 120 valence electrons. The number of aromatic nitrogens is 3. The molecule has 0 amide bonds. The maximum atomic E-state index is 4.73. The Hall–Kier alpha value is -1.98. The molecule has 4 nitrogen and oxygen atoms in total. The van der Waals surface area contributed by atoms with Gasteiger partial charge in [0.15, 0.2) is 0 Å². The standard InChI is InChI=1S/C18H22N4S/c1-14(15(2)22-10-6-9-20-22)19-12-17-13-23-18(21-17)11-16-7-4-3-5-8-16/h3-10,13-15,19H,11-12H2,1-2H3/t14-,15+/m0/s1. The second-order valence-electron chi connectivity index (χ2n) is 5.79. The van der Waals surface area contributed by atoms with Crippen LogP contribution in [0, 0.1) is 0 Å². The van der Waals surface area contributed by atoms with Crippen molar-refractivity contribution in [3.8, 4) is 0 Å². The minimum absolute atomic E-state index is 0.312. The third-order valence-electron chi connectivity index (χ3n) is 4.07. The van der Waals surface area contributed by atoms with Gasteiger partial charge in [-0.15, -0.1) is 11.3 Å². The number of thiazole rings is 1. The van der Waals surface area contributed by atoms with Crippen molar-refractivity contribution < 1.29 is 0 Å². The van der Waals surface area contributed by atoms with Gasteiger partial charge in [-0.05, 0) is 25.5 Å². The van der Waals surface area contributed by atoms with Crippen molar-refractivity contribution >= 4 is 11.3 Å². The predicted octanol–water partition coefficient (Wildman–Crippen LogP) is 3.67. The third-order valence-corrected chi connectivity index (χ3v) is 4.97. The number of rotatable bonds is 7. The third kappa shape index (κ3) is 4.27. The van der Waals surface area contributed by atoms with E-state index >= 15 is 0 Å². The summed E-state index contributed by atoms with van der Waals surface area (Å²) in [5.41, 5.74) is 2.42. The van der Waals surface area contributed by atoms with E-state index < -0.39 is 0 Å². The van der Waals surface area contributed by atoms with Gasteiger partial charge >= 0.3 is 0 Å². The zero-order valence-electron chi connectivity index (χ0n) is 13.5. The lowest BCUT2D eigenvalue weighted by Crippen LogP contribution is -2.33. The Balaban J connectivity index is 1.53. The van der Waals surface area contributed by atoms with Crippen LogP contribution in [-0.4, -0.2) is 20.8 Å². The lowest BCUT2D eigenvalue weighted by Gasteiger charge is -2.21. The first-order valence-corrected chi connectivity index (χ1v) is 8.80. The minimum atomic E-state index is 0.312. The normalized spacial score (nSPS) is 13.8. The van der Waals surface area contributed by atoms with Gasteiger partial charge in [-0.3, -0.25) is 4.68 Å². The Labute approximate surface area is 141 Å². The summed E-state index contributed by atoms with van der Waals surface area (Å²) in [6.45, 7) is 5.15. The highest BCUT2D eigenvalue weighted by atomic mass is 32.1. The maximum absolute atomic E-state index is 4.73. The quantitative estimate of drug-likeness (QED) is 0.720. The van der Waals surface area contributed by atoms with Gasteiger partial charge in [0.05, 0.1) is 16.7 Å². The van der Waals surface area contributed by atoms with Crippen molar-refractivity contribution in [1.29, 1.82) is 0 Å². The maximum Gasteiger partial charge on any atom is 0.0972 e. The molecule has 0 aliphatic carbocycles. The van der Waals surface area contributed by atoms with E-state index in [1.165, 1.54) is 10.6 Å². The van der Waals surface area contributed by atoms with Crippen molar-refractivity contribution in [3.05, 3.63) is 70.4 Å². The first-order chi connectivity index (χ1) is 11.2. The second kappa shape index (κ2) is 7.53. The molecule has 3 rings (SSSR count). The summed E-state index contributed by atoms with van der Waals surface area (Å²) in [4.78, 5) is 4.73. The summed E-state index contributed by atoms with van der Waals surface area (Å²) in [6.07, 6.45) is 4.73. The van der Waals surface area contributed by atoms with E-state index in [0.29, 0.717) is 12.1 Å². The summed E-state index contributed by atoms with van der Waals surface area (Å²) < 4.78 is 1.99. The summed E-state index contributed by atoms with van der Waals surface area (Å²) in [6, 6.07) is 13.1. The van der Waals surface area contributed by atoms with Crippen molar-refractivity contribution in [2.75, 3.05) is 0 Å². The monoisotopic (exact) mass is 326 g/mol. The van der Waals surface area contributed by atoms with Crippen molar-refractivity contribution in [2.45, 2.75) is 38.9 Å². The molecule has 2 heterocycles. The van der Waals surface area contributed by atoms with Crippen LogP contribution in [0.1, 0.15) is 36.2 Å². The van der Waals surface area contributed by atoms with Gasteiger partial charge in [0, 0.05) is 36.8 Å². The Morgan fingerprint density at radius 3 is 2.74 bits per heavy atom. The molecule has 0 aliphatic heterocycles. The first kappa shape index (κ1) is 15.9. The smallest absolute Gasteiger partial charge is 0.0972 e. The fourth-order valence-corrected chi connectivity index (χ4v) is 3.30. The van der Waals surface area contributed by atoms with E-state index in [4.69, 9.17) is 4.98 Å². The molecule has 1 aromatic carbocycles. The molecule has 0 bridgehead atoms. The number of benzene rings is 1. The zero-order chi connectivity index (χ0) is 16.1. The van der Waals surface area contributed by atoms with E-state index in [2.05, 4.69) is 53.9 Å². The molecular weight excluding hydrogens is 304 g/mol. The van der Waals surface area contributed by atoms with Crippen LogP contribution in [0.25, 0.3) is 0 Å². The Morgan fingerprint density at radius 1 is 1.17 bits per heavy atom. The number of nitrogens with zero attached hydrogens (tertiary/aromatic N) is 3. The van der Waals surface area contributed by atoms with Gasteiger partial charge in [0.25, 0.3) is 0 Å². The Kier molecular flexibility index (Phi) is 5.20. The van der Waals surface area contributed by atoms with Crippen LogP contribution in [0.5, 0.6) is 0 Å². The van der Waals surface area contributed by atoms with E-state index in [-0.39, 0.29) is 0 Å². The van der Waals surface area contributed by atoms with Gasteiger partial charge in [0.1, 0.15) is 0 Å². The highest BCUT2D eigenvalue weighted by Crippen LogP contribution is 2.15. The van der Waals surface area contributed by atoms with Gasteiger partial charge in [0.2, 0.25) is 0 Å². The number of nitrogens with one attached hydrogen (secondary N) is 1. The molecule has 0 fully saturated rings. The van der Waals surface area contributed by atoms with Crippen LogP contribution < -0.4 is 5.32 Å². The van der Waals surface area contributed by atoms with Crippen molar-refractivity contribution in [2.24, 2.45) is 0 Å². The molecule has 1 N–H and O–H groups in total. The fourth-order valence-electron chi connectivity index (χ4n) is 2.47. The lowest BCUT2D eigenvalue weighted by molar-refractivity contribution is 0.364. The van der Waals surface area contributed by atoms with Gasteiger partial charge in [-0.2, -0.15) is 5.10 Å². The Bertz CT molecular complexity index is 706. The summed E-state index contributed by atoms with van der Waals surface area (Å²) in [5.74, 6) is 0. The van der Waals surface area contributed by atoms with E-state index in [1.54, 1.807) is 11.3 Å². The largest absolute Gasteiger partial charge is 0.306 e. The molecule has 0 aliphatic rings. The van der Waals surface area contributed by atoms with Gasteiger partial charge in [-0.1, -0.05) is 30.3 Å². The van der Waals surface area contributed by atoms with Crippen molar-refractivity contribution in [3.63, 3.8) is 0 Å². The minimum Gasteiger partial charge on any atom is -0.306 e. The summed E-state index contributed by atoms with van der Waals surface area (Å²) >= 11 is 1.73. The highest BCUT2D eigenvalue weighted by Gasteiger charge is 2.14. The van der Waals surface area contributed by atoms with Crippen LogP contribution >= 0.6 is 11.3 Å². The molecule has 0 saturated carbocycles. The average Bonchev–Trinajstić information content (AvgIpc) is 3.25. The molecule has 2 atom stereocenters. The van der Waals surface area contributed by atoms with E-state index in [1.807, 2.05) is 29.2 Å². The van der Waals surface area contributed by atoms with Crippen LogP contribution in [0.4, 0.5) is 0 Å². The van der Waals surface area contributed by atoms with Gasteiger partial charge in [-0.25, -0.2) is 4.98 Å². The van der Waals surface area contributed by atoms with E-state index in [0.717, 1.165) is 18.7 Å². The van der Waals surface area contributed by atoms with Gasteiger partial charge < -0.3 is 5.32 Å². The highest BCUT2D eigenvalue weighted by molar-refractivity contribution is 7.09. The molecule has 0 radical (unpaired) electrons. The van der Waals surface area contributed by atoms with Crippen LogP contribution in [0.15, 0.2) is 54.2 Å². The number of hydrogen-bond acceptors (Lipinski definition) is 4. The SMILES string of the molecule is C[C@H](NCc1csc(Cc2ccccc2)n1)[C@@H](C)n1cccn1. The molecule has 2 aromatic heterocycles. The molecule has 0 unspecified atom stereocenters. The summed E-state index contributed by atoms with van der Waals surface area (Å²) in [5, 5.41) is 11.2. The summed E-state index contributed by atoms with van der Waals surface area (Å²) in [7, 11) is 0. The van der Waals surface area contributed by atoms with E-state index in [9.17, 15) is 0 Å². The molecule has 5 heteroatoms. The number of hydrogen-bond donors (Lipinski definition) is 1. The lowest BCUT2D eigenvalue weighted by atomic mass is 10.1. The van der Waals surface area contributed by atoms with Crippen LogP contribution in [0.2, 0.25) is 0 Å². The van der Waals surface area contributed by atoms with Crippen LogP contribution in [0.3, 0.4) is 0 Å². The molecule has 23 heavy (non-hydrogen) atoms.